The van der Waals surface area contributed by atoms with Crippen LogP contribution in [0.2, 0.25) is 0 Å². The Morgan fingerprint density at radius 1 is 1.21 bits per heavy atom. The van der Waals surface area contributed by atoms with Crippen LogP contribution in [0.15, 0.2) is 24.4 Å². The summed E-state index contributed by atoms with van der Waals surface area (Å²) in [4.78, 5) is 19.2. The van der Waals surface area contributed by atoms with Gasteiger partial charge in [0, 0.05) is 31.9 Å². The van der Waals surface area contributed by atoms with Gasteiger partial charge in [0.25, 0.3) is 0 Å². The van der Waals surface area contributed by atoms with Crippen molar-refractivity contribution < 1.29 is 13.2 Å². The monoisotopic (exact) mass is 408 g/mol. The van der Waals surface area contributed by atoms with Crippen LogP contribution < -0.4 is 5.32 Å². The Hall–Kier alpha value is -1.51. The fourth-order valence-corrected chi connectivity index (χ4v) is 5.45. The van der Waals surface area contributed by atoms with Gasteiger partial charge in [-0.05, 0) is 58.2 Å². The fraction of sp³-hybridized carbons (Fsp3) is 0.700. The van der Waals surface area contributed by atoms with E-state index in [0.29, 0.717) is 25.7 Å². The van der Waals surface area contributed by atoms with Crippen molar-refractivity contribution in [3.63, 3.8) is 0 Å². The van der Waals surface area contributed by atoms with Crippen molar-refractivity contribution >= 4 is 15.9 Å². The molecule has 0 spiro atoms. The highest BCUT2D eigenvalue weighted by Crippen LogP contribution is 2.25. The van der Waals surface area contributed by atoms with Gasteiger partial charge in [-0.3, -0.25) is 14.7 Å². The van der Waals surface area contributed by atoms with Gasteiger partial charge in [-0.2, -0.15) is 0 Å². The van der Waals surface area contributed by atoms with Crippen LogP contribution >= 0.6 is 0 Å². The summed E-state index contributed by atoms with van der Waals surface area (Å²) >= 11 is 0. The first-order chi connectivity index (χ1) is 13.4. The predicted octanol–water partition coefficient (Wildman–Crippen LogP) is 1.61. The van der Waals surface area contributed by atoms with E-state index in [1.807, 2.05) is 18.2 Å². The van der Waals surface area contributed by atoms with Gasteiger partial charge in [-0.1, -0.05) is 6.07 Å². The first kappa shape index (κ1) is 21.2. The van der Waals surface area contributed by atoms with E-state index in [0.717, 1.165) is 44.5 Å². The van der Waals surface area contributed by atoms with Gasteiger partial charge in [-0.25, -0.2) is 12.7 Å². The number of hydrogen-bond acceptors (Lipinski definition) is 5. The van der Waals surface area contributed by atoms with Crippen LogP contribution in [-0.2, 0) is 21.4 Å². The molecule has 2 saturated heterocycles. The quantitative estimate of drug-likeness (QED) is 0.773. The van der Waals surface area contributed by atoms with E-state index < -0.39 is 10.0 Å². The molecule has 3 rings (SSSR count). The fourth-order valence-electron chi connectivity index (χ4n) is 4.14. The van der Waals surface area contributed by atoms with Crippen molar-refractivity contribution in [2.45, 2.75) is 57.4 Å². The highest BCUT2D eigenvalue weighted by atomic mass is 32.2. The van der Waals surface area contributed by atoms with Gasteiger partial charge in [0.1, 0.15) is 0 Å². The molecule has 8 heteroatoms. The third-order valence-corrected chi connectivity index (χ3v) is 8.17. The predicted molar refractivity (Wildman–Crippen MR) is 109 cm³/mol. The summed E-state index contributed by atoms with van der Waals surface area (Å²) in [5, 5.41) is 2.65. The van der Waals surface area contributed by atoms with E-state index in [-0.39, 0.29) is 17.1 Å². The molecule has 0 aliphatic carbocycles. The molecular formula is C20H32N4O3S. The zero-order valence-corrected chi connectivity index (χ0v) is 17.7. The number of piperidine rings is 2. The number of amides is 1. The SMILES string of the molecule is CC(C)S(=O)(=O)N1CCC(N2CCC[C@H](C(=O)NCc3ccccn3)C2)CC1. The molecule has 2 aliphatic heterocycles. The first-order valence-corrected chi connectivity index (χ1v) is 11.8. The number of likely N-dealkylation sites (tertiary alicyclic amines) is 1. The van der Waals surface area contributed by atoms with Crippen molar-refractivity contribution in [3.05, 3.63) is 30.1 Å². The van der Waals surface area contributed by atoms with Crippen LogP contribution in [0.3, 0.4) is 0 Å². The van der Waals surface area contributed by atoms with Crippen molar-refractivity contribution in [1.82, 2.24) is 19.5 Å². The van der Waals surface area contributed by atoms with Crippen LogP contribution in [0.25, 0.3) is 0 Å². The van der Waals surface area contributed by atoms with Crippen LogP contribution in [0, 0.1) is 5.92 Å². The number of carbonyl (C=O) groups excluding carboxylic acids is 1. The van der Waals surface area contributed by atoms with Crippen LogP contribution in [-0.4, -0.2) is 66.0 Å². The smallest absolute Gasteiger partial charge is 0.224 e. The van der Waals surface area contributed by atoms with Gasteiger partial charge < -0.3 is 5.32 Å². The Morgan fingerprint density at radius 2 is 1.96 bits per heavy atom. The maximum atomic E-state index is 12.6. The molecule has 1 atom stereocenters. The maximum Gasteiger partial charge on any atom is 0.224 e. The topological polar surface area (TPSA) is 82.6 Å². The van der Waals surface area contributed by atoms with E-state index in [2.05, 4.69) is 15.2 Å². The lowest BCUT2D eigenvalue weighted by atomic mass is 9.93. The number of rotatable bonds is 6. The molecule has 0 saturated carbocycles. The summed E-state index contributed by atoms with van der Waals surface area (Å²) in [5.74, 6) is 0.0880. The van der Waals surface area contributed by atoms with Crippen LogP contribution in [0.1, 0.15) is 45.2 Å². The third-order valence-electron chi connectivity index (χ3n) is 5.89. The normalized spacial score (nSPS) is 23.0. The summed E-state index contributed by atoms with van der Waals surface area (Å²) in [7, 11) is -3.17. The summed E-state index contributed by atoms with van der Waals surface area (Å²) < 4.78 is 26.3. The molecule has 1 aromatic rings. The van der Waals surface area contributed by atoms with Gasteiger partial charge in [0.2, 0.25) is 15.9 Å². The summed E-state index contributed by atoms with van der Waals surface area (Å²) in [5.41, 5.74) is 0.863. The Balaban J connectivity index is 1.49. The largest absolute Gasteiger partial charge is 0.350 e. The lowest BCUT2D eigenvalue weighted by Gasteiger charge is -2.41. The van der Waals surface area contributed by atoms with Crippen molar-refractivity contribution in [2.75, 3.05) is 26.2 Å². The lowest BCUT2D eigenvalue weighted by molar-refractivity contribution is -0.127. The molecule has 0 unspecified atom stereocenters. The van der Waals surface area contributed by atoms with Crippen LogP contribution in [0.4, 0.5) is 0 Å². The number of pyridine rings is 1. The van der Waals surface area contributed by atoms with E-state index in [1.54, 1.807) is 24.3 Å². The van der Waals surface area contributed by atoms with E-state index >= 15 is 0 Å². The average Bonchev–Trinajstić information content (AvgIpc) is 2.73. The van der Waals surface area contributed by atoms with Gasteiger partial charge in [0.05, 0.1) is 23.4 Å². The summed E-state index contributed by atoms with van der Waals surface area (Å²) in [6.07, 6.45) is 5.33. The molecule has 3 heterocycles. The molecule has 0 bridgehead atoms. The maximum absolute atomic E-state index is 12.6. The second-order valence-corrected chi connectivity index (χ2v) is 10.6. The molecule has 0 radical (unpaired) electrons. The number of sulfonamides is 1. The number of carbonyl (C=O) groups is 1. The van der Waals surface area contributed by atoms with E-state index in [9.17, 15) is 13.2 Å². The van der Waals surface area contributed by atoms with Crippen molar-refractivity contribution in [1.29, 1.82) is 0 Å². The average molecular weight is 409 g/mol. The van der Waals surface area contributed by atoms with Gasteiger partial charge >= 0.3 is 0 Å². The minimum Gasteiger partial charge on any atom is -0.350 e. The molecule has 2 fully saturated rings. The zero-order valence-electron chi connectivity index (χ0n) is 16.9. The third kappa shape index (κ3) is 5.10. The Bertz CT molecular complexity index is 746. The number of nitrogens with zero attached hydrogens (tertiary/aromatic N) is 3. The molecule has 1 amide bonds. The minimum absolute atomic E-state index is 0.00473. The highest BCUT2D eigenvalue weighted by Gasteiger charge is 2.35. The van der Waals surface area contributed by atoms with Crippen LogP contribution in [0.5, 0.6) is 0 Å². The van der Waals surface area contributed by atoms with Gasteiger partial charge in [-0.15, -0.1) is 0 Å². The molecular weight excluding hydrogens is 376 g/mol. The Morgan fingerprint density at radius 3 is 2.61 bits per heavy atom. The highest BCUT2D eigenvalue weighted by molar-refractivity contribution is 7.89. The standard InChI is InChI=1S/C20H32N4O3S/c1-16(2)28(26,27)24-12-8-19(9-13-24)23-11-5-6-17(15-23)20(25)22-14-18-7-3-4-10-21-18/h3-4,7,10,16-17,19H,5-6,8-9,11-15H2,1-2H3,(H,22,25)/t17-/m0/s1. The van der Waals surface area contributed by atoms with Crippen molar-refractivity contribution in [3.8, 4) is 0 Å². The summed E-state index contributed by atoms with van der Waals surface area (Å²) in [6, 6.07) is 6.06. The molecule has 1 aromatic heterocycles. The Labute approximate surface area is 168 Å². The molecule has 7 nitrogen and oxygen atoms in total. The molecule has 156 valence electrons. The molecule has 0 aromatic carbocycles. The first-order valence-electron chi connectivity index (χ1n) is 10.3. The number of aromatic nitrogens is 1. The second-order valence-electron chi connectivity index (χ2n) is 8.10. The molecule has 1 N–H and O–H groups in total. The van der Waals surface area contributed by atoms with E-state index in [1.165, 1.54) is 0 Å². The number of hydrogen-bond donors (Lipinski definition) is 1. The second kappa shape index (κ2) is 9.33. The summed E-state index contributed by atoms with van der Waals surface area (Å²) in [6.45, 7) is 6.85. The Kier molecular flexibility index (Phi) is 7.06. The number of nitrogens with one attached hydrogen (secondary N) is 1. The van der Waals surface area contributed by atoms with E-state index in [4.69, 9.17) is 0 Å². The van der Waals surface area contributed by atoms with Crippen molar-refractivity contribution in [2.24, 2.45) is 5.92 Å². The lowest BCUT2D eigenvalue weighted by Crippen LogP contribution is -2.52. The zero-order chi connectivity index (χ0) is 20.1. The molecule has 2 aliphatic rings. The minimum atomic E-state index is -3.17. The molecule has 28 heavy (non-hydrogen) atoms. The van der Waals surface area contributed by atoms with Gasteiger partial charge in [0.15, 0.2) is 0 Å².